The largest absolute Gasteiger partial charge is 0.507 e. The molecule has 0 spiro atoms. The maximum Gasteiger partial charge on any atom is 0.257 e. The van der Waals surface area contributed by atoms with E-state index in [1.807, 2.05) is 11.9 Å². The van der Waals surface area contributed by atoms with Crippen molar-refractivity contribution in [2.75, 3.05) is 33.3 Å². The van der Waals surface area contributed by atoms with E-state index in [1.54, 1.807) is 4.90 Å². The second-order valence-electron chi connectivity index (χ2n) is 4.73. The number of halogens is 1. The fourth-order valence-electron chi connectivity index (χ4n) is 2.18. The number of likely N-dealkylation sites (N-methyl/N-ethyl adjacent to an activating group) is 1. The number of amides is 1. The first-order chi connectivity index (χ1) is 9.02. The topological polar surface area (TPSA) is 64.0 Å². The van der Waals surface area contributed by atoms with Crippen molar-refractivity contribution in [3.63, 3.8) is 0 Å². The van der Waals surface area contributed by atoms with Crippen LogP contribution in [-0.2, 0) is 0 Å². The van der Waals surface area contributed by atoms with Gasteiger partial charge >= 0.3 is 0 Å². The van der Waals surface area contributed by atoms with Crippen LogP contribution in [0.1, 0.15) is 10.4 Å². The van der Waals surface area contributed by atoms with Crippen LogP contribution < -0.4 is 0 Å². The van der Waals surface area contributed by atoms with Crippen LogP contribution in [0.15, 0.2) is 18.2 Å². The average molecular weight is 285 g/mol. The van der Waals surface area contributed by atoms with Gasteiger partial charge in [0.05, 0.1) is 18.2 Å². The number of rotatable bonds is 2. The summed E-state index contributed by atoms with van der Waals surface area (Å²) in [7, 11) is 1.92. The quantitative estimate of drug-likeness (QED) is 0.843. The summed E-state index contributed by atoms with van der Waals surface area (Å²) in [6, 6.07) is 4.34. The molecule has 1 heterocycles. The Kier molecular flexibility index (Phi) is 4.29. The number of phenolic OH excluding ortho intramolecular Hbond substituents is 1. The molecular formula is C13H17ClN2O3. The van der Waals surface area contributed by atoms with E-state index in [9.17, 15) is 15.0 Å². The summed E-state index contributed by atoms with van der Waals surface area (Å²) in [5.74, 6) is -0.333. The molecule has 1 amide bonds. The van der Waals surface area contributed by atoms with Crippen molar-refractivity contribution in [2.24, 2.45) is 0 Å². The number of hydrogen-bond donors (Lipinski definition) is 2. The van der Waals surface area contributed by atoms with Gasteiger partial charge in [-0.05, 0) is 25.2 Å². The first-order valence-corrected chi connectivity index (χ1v) is 6.49. The predicted molar refractivity (Wildman–Crippen MR) is 72.5 cm³/mol. The van der Waals surface area contributed by atoms with Gasteiger partial charge in [-0.15, -0.1) is 0 Å². The molecule has 5 nitrogen and oxygen atoms in total. The molecule has 6 heteroatoms. The minimum absolute atomic E-state index is 0.00179. The minimum atomic E-state index is -0.258. The van der Waals surface area contributed by atoms with E-state index in [0.29, 0.717) is 24.7 Å². The number of aromatic hydroxyl groups is 1. The third-order valence-corrected chi connectivity index (χ3v) is 3.70. The molecule has 2 N–H and O–H groups in total. The van der Waals surface area contributed by atoms with Crippen molar-refractivity contribution in [3.05, 3.63) is 28.8 Å². The number of carbonyl (C=O) groups is 1. The molecule has 1 aromatic rings. The average Bonchev–Trinajstić information content (AvgIpc) is 2.41. The highest BCUT2D eigenvalue weighted by Crippen LogP contribution is 2.23. The van der Waals surface area contributed by atoms with E-state index in [1.165, 1.54) is 18.2 Å². The van der Waals surface area contributed by atoms with Crippen molar-refractivity contribution in [1.29, 1.82) is 0 Å². The summed E-state index contributed by atoms with van der Waals surface area (Å²) in [5, 5.41) is 19.4. The Hall–Kier alpha value is -1.30. The first-order valence-electron chi connectivity index (χ1n) is 6.12. The number of piperazine rings is 1. The normalized spacial score (nSPS) is 20.6. The monoisotopic (exact) mass is 284 g/mol. The summed E-state index contributed by atoms with van der Waals surface area (Å²) in [5.41, 5.74) is 0.203. The highest BCUT2D eigenvalue weighted by Gasteiger charge is 2.28. The fraction of sp³-hybridized carbons (Fsp3) is 0.462. The van der Waals surface area contributed by atoms with Gasteiger partial charge in [0.1, 0.15) is 5.75 Å². The number of nitrogens with zero attached hydrogens (tertiary/aromatic N) is 2. The van der Waals surface area contributed by atoms with E-state index in [-0.39, 0.29) is 29.9 Å². The minimum Gasteiger partial charge on any atom is -0.507 e. The lowest BCUT2D eigenvalue weighted by atomic mass is 10.1. The van der Waals surface area contributed by atoms with Crippen molar-refractivity contribution >= 4 is 17.5 Å². The first kappa shape index (κ1) is 14.1. The van der Waals surface area contributed by atoms with Crippen LogP contribution in [0.5, 0.6) is 5.75 Å². The zero-order chi connectivity index (χ0) is 14.0. The second-order valence-corrected chi connectivity index (χ2v) is 5.17. The van der Waals surface area contributed by atoms with Gasteiger partial charge in [-0.25, -0.2) is 0 Å². The van der Waals surface area contributed by atoms with Crippen LogP contribution in [-0.4, -0.2) is 65.3 Å². The van der Waals surface area contributed by atoms with Gasteiger partial charge in [0.25, 0.3) is 5.91 Å². The number of carbonyl (C=O) groups excluding carboxylic acids is 1. The molecule has 1 saturated heterocycles. The Morgan fingerprint density at radius 1 is 1.47 bits per heavy atom. The molecule has 19 heavy (non-hydrogen) atoms. The van der Waals surface area contributed by atoms with Gasteiger partial charge in [-0.2, -0.15) is 0 Å². The number of phenols is 1. The van der Waals surface area contributed by atoms with Crippen LogP contribution in [0.2, 0.25) is 5.02 Å². The zero-order valence-corrected chi connectivity index (χ0v) is 11.5. The molecule has 1 fully saturated rings. The molecule has 2 rings (SSSR count). The van der Waals surface area contributed by atoms with Crippen molar-refractivity contribution in [3.8, 4) is 5.75 Å². The zero-order valence-electron chi connectivity index (χ0n) is 10.7. The van der Waals surface area contributed by atoms with Crippen LogP contribution in [0.4, 0.5) is 0 Å². The maximum absolute atomic E-state index is 12.3. The standard InChI is InChI=1S/C13H17ClN2O3/c1-15-4-5-16(7-10(15)8-17)13(19)11-6-9(14)2-3-12(11)18/h2-3,6,10,17-18H,4-5,7-8H2,1H3/t10-/m0/s1. The van der Waals surface area contributed by atoms with Crippen LogP contribution in [0.25, 0.3) is 0 Å². The lowest BCUT2D eigenvalue weighted by Crippen LogP contribution is -2.54. The van der Waals surface area contributed by atoms with E-state index in [2.05, 4.69) is 0 Å². The van der Waals surface area contributed by atoms with Crippen molar-refractivity contribution < 1.29 is 15.0 Å². The van der Waals surface area contributed by atoms with Crippen molar-refractivity contribution in [2.45, 2.75) is 6.04 Å². The summed E-state index contributed by atoms with van der Waals surface area (Å²) < 4.78 is 0. The van der Waals surface area contributed by atoms with Gasteiger partial charge in [0.15, 0.2) is 0 Å². The molecule has 0 radical (unpaired) electrons. The Bertz CT molecular complexity index is 481. The maximum atomic E-state index is 12.3. The summed E-state index contributed by atoms with van der Waals surface area (Å²) in [6.45, 7) is 1.70. The number of aliphatic hydroxyl groups is 1. The molecule has 1 aliphatic rings. The van der Waals surface area contributed by atoms with Gasteiger partial charge in [-0.1, -0.05) is 11.6 Å². The van der Waals surface area contributed by atoms with Gasteiger partial charge < -0.3 is 15.1 Å². The van der Waals surface area contributed by atoms with E-state index < -0.39 is 0 Å². The highest BCUT2D eigenvalue weighted by molar-refractivity contribution is 6.31. The highest BCUT2D eigenvalue weighted by atomic mass is 35.5. The Morgan fingerprint density at radius 3 is 2.89 bits per heavy atom. The van der Waals surface area contributed by atoms with E-state index in [4.69, 9.17) is 11.6 Å². The third kappa shape index (κ3) is 3.00. The number of benzene rings is 1. The Balaban J connectivity index is 2.18. The molecule has 0 aromatic heterocycles. The summed E-state index contributed by atoms with van der Waals surface area (Å²) >= 11 is 5.85. The second kappa shape index (κ2) is 5.77. The molecule has 1 aliphatic heterocycles. The molecule has 0 unspecified atom stereocenters. The third-order valence-electron chi connectivity index (χ3n) is 3.46. The molecule has 104 valence electrons. The molecule has 0 saturated carbocycles. The fourth-order valence-corrected chi connectivity index (χ4v) is 2.35. The predicted octanol–water partition coefficient (Wildman–Crippen LogP) is 0.794. The van der Waals surface area contributed by atoms with E-state index >= 15 is 0 Å². The van der Waals surface area contributed by atoms with E-state index in [0.717, 1.165) is 0 Å². The Morgan fingerprint density at radius 2 is 2.21 bits per heavy atom. The lowest BCUT2D eigenvalue weighted by molar-refractivity contribution is 0.0419. The van der Waals surface area contributed by atoms with Gasteiger partial charge in [0, 0.05) is 24.7 Å². The molecule has 0 bridgehead atoms. The number of hydrogen-bond acceptors (Lipinski definition) is 4. The van der Waals surface area contributed by atoms with Crippen LogP contribution in [0.3, 0.4) is 0 Å². The van der Waals surface area contributed by atoms with Crippen molar-refractivity contribution in [1.82, 2.24) is 9.80 Å². The van der Waals surface area contributed by atoms with Crippen LogP contribution >= 0.6 is 11.6 Å². The van der Waals surface area contributed by atoms with Gasteiger partial charge in [-0.3, -0.25) is 9.69 Å². The van der Waals surface area contributed by atoms with Crippen LogP contribution in [0, 0.1) is 0 Å². The molecular weight excluding hydrogens is 268 g/mol. The summed E-state index contributed by atoms with van der Waals surface area (Å²) in [6.07, 6.45) is 0. The molecule has 1 atom stereocenters. The SMILES string of the molecule is CN1CCN(C(=O)c2cc(Cl)ccc2O)C[C@H]1CO. The molecule has 1 aromatic carbocycles. The number of aliphatic hydroxyl groups excluding tert-OH is 1. The van der Waals surface area contributed by atoms with Gasteiger partial charge in [0.2, 0.25) is 0 Å². The summed E-state index contributed by atoms with van der Waals surface area (Å²) in [4.78, 5) is 16.0. The molecule has 0 aliphatic carbocycles. The Labute approximate surface area is 117 Å². The lowest BCUT2D eigenvalue weighted by Gasteiger charge is -2.38. The smallest absolute Gasteiger partial charge is 0.257 e.